The second kappa shape index (κ2) is 5.69. The molecule has 1 N–H and O–H groups in total. The Balaban J connectivity index is 1.64. The van der Waals surface area contributed by atoms with E-state index in [1.54, 1.807) is 24.4 Å². The van der Waals surface area contributed by atoms with Crippen LogP contribution in [-0.4, -0.2) is 16.1 Å². The van der Waals surface area contributed by atoms with Crippen molar-refractivity contribution in [3.05, 3.63) is 42.6 Å². The minimum absolute atomic E-state index is 0.0594. The Kier molecular flexibility index (Phi) is 3.58. The first-order valence-corrected chi connectivity index (χ1v) is 6.65. The number of hydrogen-bond acceptors (Lipinski definition) is 4. The van der Waals surface area contributed by atoms with Gasteiger partial charge in [-0.1, -0.05) is 6.07 Å². The number of nitrogens with zero attached hydrogens (tertiary/aromatic N) is 2. The predicted octanol–water partition coefficient (Wildman–Crippen LogP) is 3.01. The van der Waals surface area contributed by atoms with E-state index in [9.17, 15) is 4.79 Å². The Morgan fingerprint density at radius 3 is 2.95 bits per heavy atom. The molecule has 2 aromatic rings. The summed E-state index contributed by atoms with van der Waals surface area (Å²) in [6.45, 7) is 0. The van der Waals surface area contributed by atoms with Gasteiger partial charge in [0.1, 0.15) is 5.75 Å². The topological polar surface area (TPSA) is 64.1 Å². The highest BCUT2D eigenvalue weighted by molar-refractivity contribution is 5.91. The number of hydrogen-bond donors (Lipinski definition) is 1. The number of nitrogens with one attached hydrogen (secondary N) is 1. The maximum Gasteiger partial charge on any atom is 0.238 e. The summed E-state index contributed by atoms with van der Waals surface area (Å²) in [4.78, 5) is 11.8. The summed E-state index contributed by atoms with van der Waals surface area (Å²) >= 11 is 0. The SMILES string of the molecule is O=C(CC1CC1)Nc1cccc(Oc2cccnn2)c1. The van der Waals surface area contributed by atoms with Crippen LogP contribution in [0.25, 0.3) is 0 Å². The number of benzene rings is 1. The second-order valence-corrected chi connectivity index (χ2v) is 4.89. The van der Waals surface area contributed by atoms with Crippen molar-refractivity contribution < 1.29 is 9.53 Å². The minimum Gasteiger partial charge on any atom is -0.437 e. The average molecular weight is 269 g/mol. The Morgan fingerprint density at radius 1 is 1.30 bits per heavy atom. The number of carbonyl (C=O) groups is 1. The molecule has 1 fully saturated rings. The van der Waals surface area contributed by atoms with Gasteiger partial charge >= 0.3 is 0 Å². The van der Waals surface area contributed by atoms with Gasteiger partial charge in [-0.2, -0.15) is 5.10 Å². The number of rotatable bonds is 5. The van der Waals surface area contributed by atoms with Crippen LogP contribution in [-0.2, 0) is 4.79 Å². The summed E-state index contributed by atoms with van der Waals surface area (Å²) in [6, 6.07) is 10.7. The molecule has 1 amide bonds. The molecule has 1 aliphatic carbocycles. The van der Waals surface area contributed by atoms with Gasteiger partial charge in [-0.05, 0) is 37.0 Å². The molecular formula is C15H15N3O2. The molecule has 1 aromatic carbocycles. The van der Waals surface area contributed by atoms with Gasteiger partial charge in [-0.15, -0.1) is 5.10 Å². The van der Waals surface area contributed by atoms with Crippen molar-refractivity contribution in [1.82, 2.24) is 10.2 Å². The highest BCUT2D eigenvalue weighted by Crippen LogP contribution is 2.32. The van der Waals surface area contributed by atoms with Crippen molar-refractivity contribution in [1.29, 1.82) is 0 Å². The summed E-state index contributed by atoms with van der Waals surface area (Å²) in [5.74, 6) is 1.68. The van der Waals surface area contributed by atoms with Crippen molar-refractivity contribution >= 4 is 11.6 Å². The average Bonchev–Trinajstić information content (AvgIpc) is 3.24. The van der Waals surface area contributed by atoms with Crippen LogP contribution in [0.4, 0.5) is 5.69 Å². The van der Waals surface area contributed by atoms with Gasteiger partial charge < -0.3 is 10.1 Å². The van der Waals surface area contributed by atoms with Crippen LogP contribution in [0.3, 0.4) is 0 Å². The minimum atomic E-state index is 0.0594. The lowest BCUT2D eigenvalue weighted by molar-refractivity contribution is -0.116. The fourth-order valence-electron chi connectivity index (χ4n) is 1.90. The van der Waals surface area contributed by atoms with E-state index in [0.717, 1.165) is 5.69 Å². The molecule has 102 valence electrons. The summed E-state index contributed by atoms with van der Waals surface area (Å²) in [5, 5.41) is 10.5. The van der Waals surface area contributed by atoms with E-state index >= 15 is 0 Å². The predicted molar refractivity (Wildman–Crippen MR) is 74.5 cm³/mol. The Morgan fingerprint density at radius 2 is 2.20 bits per heavy atom. The summed E-state index contributed by atoms with van der Waals surface area (Å²) < 4.78 is 5.57. The number of amides is 1. The van der Waals surface area contributed by atoms with Gasteiger partial charge in [0.05, 0.1) is 0 Å². The quantitative estimate of drug-likeness (QED) is 0.906. The van der Waals surface area contributed by atoms with Crippen LogP contribution in [0.5, 0.6) is 11.6 Å². The first-order valence-electron chi connectivity index (χ1n) is 6.65. The lowest BCUT2D eigenvalue weighted by Crippen LogP contribution is -2.11. The zero-order chi connectivity index (χ0) is 13.8. The van der Waals surface area contributed by atoms with Crippen molar-refractivity contribution in [2.45, 2.75) is 19.3 Å². The zero-order valence-corrected chi connectivity index (χ0v) is 11.0. The molecule has 1 heterocycles. The van der Waals surface area contributed by atoms with E-state index in [1.165, 1.54) is 12.8 Å². The van der Waals surface area contributed by atoms with Gasteiger partial charge in [0.15, 0.2) is 0 Å². The van der Waals surface area contributed by atoms with E-state index in [2.05, 4.69) is 15.5 Å². The van der Waals surface area contributed by atoms with Crippen molar-refractivity contribution in [2.75, 3.05) is 5.32 Å². The molecule has 0 spiro atoms. The summed E-state index contributed by atoms with van der Waals surface area (Å²) in [6.07, 6.45) is 4.53. The molecule has 0 saturated heterocycles. The van der Waals surface area contributed by atoms with Crippen molar-refractivity contribution in [2.24, 2.45) is 5.92 Å². The van der Waals surface area contributed by atoms with Crippen LogP contribution >= 0.6 is 0 Å². The molecule has 0 unspecified atom stereocenters. The number of aromatic nitrogens is 2. The summed E-state index contributed by atoms with van der Waals surface area (Å²) in [7, 11) is 0. The van der Waals surface area contributed by atoms with Crippen LogP contribution < -0.4 is 10.1 Å². The van der Waals surface area contributed by atoms with E-state index in [1.807, 2.05) is 18.2 Å². The van der Waals surface area contributed by atoms with Gasteiger partial charge in [0.25, 0.3) is 0 Å². The molecule has 20 heavy (non-hydrogen) atoms. The van der Waals surface area contributed by atoms with Crippen LogP contribution in [0.2, 0.25) is 0 Å². The Hall–Kier alpha value is -2.43. The van der Waals surface area contributed by atoms with Gasteiger partial charge in [0.2, 0.25) is 11.8 Å². The third-order valence-corrected chi connectivity index (χ3v) is 3.06. The fraction of sp³-hybridized carbons (Fsp3) is 0.267. The lowest BCUT2D eigenvalue weighted by Gasteiger charge is -2.07. The first kappa shape index (κ1) is 12.6. The normalized spacial score (nSPS) is 13.8. The molecule has 5 nitrogen and oxygen atoms in total. The van der Waals surface area contributed by atoms with Crippen LogP contribution in [0.15, 0.2) is 42.6 Å². The summed E-state index contributed by atoms with van der Waals surface area (Å²) in [5.41, 5.74) is 0.733. The van der Waals surface area contributed by atoms with Gasteiger partial charge in [-0.3, -0.25) is 4.79 Å². The molecule has 5 heteroatoms. The molecule has 1 saturated carbocycles. The third-order valence-electron chi connectivity index (χ3n) is 3.06. The van der Waals surface area contributed by atoms with Crippen molar-refractivity contribution in [3.63, 3.8) is 0 Å². The number of anilines is 1. The Bertz CT molecular complexity index is 597. The largest absolute Gasteiger partial charge is 0.437 e. The van der Waals surface area contributed by atoms with Crippen LogP contribution in [0, 0.1) is 5.92 Å². The maximum atomic E-state index is 11.8. The van der Waals surface area contributed by atoms with Gasteiger partial charge in [0, 0.05) is 30.4 Å². The van der Waals surface area contributed by atoms with Crippen LogP contribution in [0.1, 0.15) is 19.3 Å². The van der Waals surface area contributed by atoms with E-state index in [0.29, 0.717) is 24.0 Å². The van der Waals surface area contributed by atoms with E-state index < -0.39 is 0 Å². The second-order valence-electron chi connectivity index (χ2n) is 4.89. The standard InChI is InChI=1S/C15H15N3O2/c19-14(9-11-6-7-11)17-12-3-1-4-13(10-12)20-15-5-2-8-16-18-15/h1-5,8,10-11H,6-7,9H2,(H,17,19). The highest BCUT2D eigenvalue weighted by atomic mass is 16.5. The van der Waals surface area contributed by atoms with E-state index in [4.69, 9.17) is 4.74 Å². The monoisotopic (exact) mass is 269 g/mol. The molecule has 1 aliphatic rings. The molecule has 0 radical (unpaired) electrons. The molecule has 1 aromatic heterocycles. The third kappa shape index (κ3) is 3.54. The van der Waals surface area contributed by atoms with Gasteiger partial charge in [-0.25, -0.2) is 0 Å². The molecule has 0 aliphatic heterocycles. The lowest BCUT2D eigenvalue weighted by atomic mass is 10.2. The smallest absolute Gasteiger partial charge is 0.238 e. The number of carbonyl (C=O) groups excluding carboxylic acids is 1. The van der Waals surface area contributed by atoms with E-state index in [-0.39, 0.29) is 5.91 Å². The molecule has 0 bridgehead atoms. The van der Waals surface area contributed by atoms with Crippen molar-refractivity contribution in [3.8, 4) is 11.6 Å². The zero-order valence-electron chi connectivity index (χ0n) is 11.0. The fourth-order valence-corrected chi connectivity index (χ4v) is 1.90. The molecular weight excluding hydrogens is 254 g/mol. The maximum absolute atomic E-state index is 11.8. The highest BCUT2D eigenvalue weighted by Gasteiger charge is 2.24. The molecule has 3 rings (SSSR count). The Labute approximate surface area is 117 Å². The number of ether oxygens (including phenoxy) is 1. The molecule has 0 atom stereocenters. The first-order chi connectivity index (χ1) is 9.79.